The standard InChI is InChI=1S/C17H19ClN6/c1-22-10-14(8-20-22)24-16-5-17(15(18)4-11(16)6-21-24)23-9-12-2-3-13(23)7-19-12/h4-6,8,10,12-13,19H,2-3,7,9H2,1H3. The van der Waals surface area contributed by atoms with Crippen molar-refractivity contribution in [2.24, 2.45) is 7.05 Å². The molecule has 124 valence electrons. The van der Waals surface area contributed by atoms with Crippen molar-refractivity contribution in [3.05, 3.63) is 35.7 Å². The summed E-state index contributed by atoms with van der Waals surface area (Å²) >= 11 is 6.62. The third kappa shape index (κ3) is 2.13. The Labute approximate surface area is 145 Å². The second kappa shape index (κ2) is 5.22. The van der Waals surface area contributed by atoms with Crippen molar-refractivity contribution >= 4 is 28.2 Å². The molecule has 6 nitrogen and oxygen atoms in total. The molecule has 24 heavy (non-hydrogen) atoms. The predicted octanol–water partition coefficient (Wildman–Crippen LogP) is 2.35. The number of hydrogen-bond donors (Lipinski definition) is 1. The van der Waals surface area contributed by atoms with Crippen molar-refractivity contribution < 1.29 is 0 Å². The first-order chi connectivity index (χ1) is 11.7. The minimum Gasteiger partial charge on any atom is -0.364 e. The van der Waals surface area contributed by atoms with Gasteiger partial charge in [-0.3, -0.25) is 4.68 Å². The average molecular weight is 343 g/mol. The van der Waals surface area contributed by atoms with Gasteiger partial charge in [0.25, 0.3) is 0 Å². The molecule has 6 rings (SSSR count). The molecule has 2 aromatic heterocycles. The van der Waals surface area contributed by atoms with Crippen LogP contribution in [-0.4, -0.2) is 44.7 Å². The summed E-state index contributed by atoms with van der Waals surface area (Å²) < 4.78 is 3.72. The van der Waals surface area contributed by atoms with Gasteiger partial charge >= 0.3 is 0 Å². The average Bonchev–Trinajstić information content (AvgIpc) is 3.20. The molecule has 0 amide bonds. The summed E-state index contributed by atoms with van der Waals surface area (Å²) in [5.41, 5.74) is 3.14. The lowest BCUT2D eigenvalue weighted by Gasteiger charge is -2.47. The molecule has 2 atom stereocenters. The Morgan fingerprint density at radius 3 is 2.79 bits per heavy atom. The first-order valence-corrected chi connectivity index (χ1v) is 8.73. The van der Waals surface area contributed by atoms with Crippen LogP contribution in [-0.2, 0) is 7.05 Å². The number of nitrogens with one attached hydrogen (secondary N) is 1. The van der Waals surface area contributed by atoms with Crippen LogP contribution in [0.4, 0.5) is 5.69 Å². The molecule has 3 fully saturated rings. The van der Waals surface area contributed by atoms with Gasteiger partial charge in [0.1, 0.15) is 5.69 Å². The molecule has 0 saturated carbocycles. The fourth-order valence-corrected chi connectivity index (χ4v) is 4.26. The number of rotatable bonds is 2. The molecule has 2 bridgehead atoms. The molecule has 3 aliphatic rings. The lowest BCUT2D eigenvalue weighted by Crippen LogP contribution is -2.61. The number of nitrogens with zero attached hydrogens (tertiary/aromatic N) is 5. The number of fused-ring (bicyclic) bond motifs is 4. The molecule has 3 aromatic rings. The van der Waals surface area contributed by atoms with Crippen LogP contribution in [0.5, 0.6) is 0 Å². The van der Waals surface area contributed by atoms with E-state index in [2.05, 4.69) is 26.5 Å². The van der Waals surface area contributed by atoms with Crippen LogP contribution in [0.2, 0.25) is 5.02 Å². The summed E-state index contributed by atoms with van der Waals surface area (Å²) in [6, 6.07) is 5.31. The molecular formula is C17H19ClN6. The van der Waals surface area contributed by atoms with Crippen molar-refractivity contribution in [2.75, 3.05) is 18.0 Å². The van der Waals surface area contributed by atoms with Crippen molar-refractivity contribution in [1.82, 2.24) is 24.9 Å². The van der Waals surface area contributed by atoms with Crippen LogP contribution in [0.1, 0.15) is 12.8 Å². The number of aromatic nitrogens is 4. The fourth-order valence-electron chi connectivity index (χ4n) is 3.98. The van der Waals surface area contributed by atoms with Crippen LogP contribution in [0, 0.1) is 0 Å². The van der Waals surface area contributed by atoms with E-state index in [-0.39, 0.29) is 0 Å². The van der Waals surface area contributed by atoms with Gasteiger partial charge in [-0.05, 0) is 25.0 Å². The van der Waals surface area contributed by atoms with Crippen LogP contribution in [0.15, 0.2) is 30.7 Å². The normalized spacial score (nSPS) is 23.3. The number of halogens is 1. The van der Waals surface area contributed by atoms with Crippen molar-refractivity contribution in [1.29, 1.82) is 0 Å². The molecule has 2 unspecified atom stereocenters. The lowest BCUT2D eigenvalue weighted by molar-refractivity contribution is 0.290. The summed E-state index contributed by atoms with van der Waals surface area (Å²) in [6.45, 7) is 2.07. The molecule has 1 aromatic carbocycles. The Balaban J connectivity index is 1.63. The molecule has 0 spiro atoms. The second-order valence-electron chi connectivity index (χ2n) is 6.78. The van der Waals surface area contributed by atoms with E-state index in [4.69, 9.17) is 11.6 Å². The zero-order valence-corrected chi connectivity index (χ0v) is 14.2. The lowest BCUT2D eigenvalue weighted by atomic mass is 9.92. The third-order valence-corrected chi connectivity index (χ3v) is 5.53. The van der Waals surface area contributed by atoms with Crippen LogP contribution < -0.4 is 10.2 Å². The topological polar surface area (TPSA) is 50.9 Å². The van der Waals surface area contributed by atoms with Gasteiger partial charge in [-0.1, -0.05) is 11.6 Å². The van der Waals surface area contributed by atoms with Gasteiger partial charge in [0.15, 0.2) is 0 Å². The highest BCUT2D eigenvalue weighted by Crippen LogP contribution is 2.36. The Morgan fingerprint density at radius 2 is 2.12 bits per heavy atom. The van der Waals surface area contributed by atoms with E-state index in [9.17, 15) is 0 Å². The number of piperidine rings is 2. The predicted molar refractivity (Wildman–Crippen MR) is 95.0 cm³/mol. The van der Waals surface area contributed by atoms with Crippen LogP contribution in [0.25, 0.3) is 16.6 Å². The van der Waals surface area contributed by atoms with Gasteiger partial charge in [-0.15, -0.1) is 0 Å². The van der Waals surface area contributed by atoms with Gasteiger partial charge in [-0.25, -0.2) is 4.68 Å². The molecule has 5 heterocycles. The minimum absolute atomic E-state index is 0.528. The van der Waals surface area contributed by atoms with Crippen LogP contribution >= 0.6 is 11.6 Å². The molecular weight excluding hydrogens is 324 g/mol. The highest BCUT2D eigenvalue weighted by atomic mass is 35.5. The van der Waals surface area contributed by atoms with E-state index in [0.717, 1.165) is 40.4 Å². The zero-order chi connectivity index (χ0) is 16.3. The summed E-state index contributed by atoms with van der Waals surface area (Å²) in [6.07, 6.45) is 8.14. The Morgan fingerprint density at radius 1 is 1.21 bits per heavy atom. The maximum atomic E-state index is 6.62. The first-order valence-electron chi connectivity index (χ1n) is 8.35. The molecule has 7 heteroatoms. The zero-order valence-electron chi connectivity index (χ0n) is 13.5. The number of benzene rings is 1. The van der Waals surface area contributed by atoms with Gasteiger partial charge in [0.2, 0.25) is 0 Å². The Kier molecular flexibility index (Phi) is 3.11. The van der Waals surface area contributed by atoms with Gasteiger partial charge in [0, 0.05) is 37.6 Å². The van der Waals surface area contributed by atoms with Crippen molar-refractivity contribution in [3.8, 4) is 5.69 Å². The third-order valence-electron chi connectivity index (χ3n) is 5.23. The van der Waals surface area contributed by atoms with E-state index < -0.39 is 0 Å². The largest absolute Gasteiger partial charge is 0.364 e. The summed E-state index contributed by atoms with van der Waals surface area (Å²) in [7, 11) is 1.91. The van der Waals surface area contributed by atoms with E-state index in [1.54, 1.807) is 4.68 Å². The Bertz CT molecular complexity index is 905. The monoisotopic (exact) mass is 342 g/mol. The quantitative estimate of drug-likeness (QED) is 0.776. The van der Waals surface area contributed by atoms with Crippen LogP contribution in [0.3, 0.4) is 0 Å². The molecule has 0 aliphatic carbocycles. The smallest absolute Gasteiger partial charge is 0.103 e. The van der Waals surface area contributed by atoms with Gasteiger partial charge < -0.3 is 10.2 Å². The summed E-state index contributed by atoms with van der Waals surface area (Å²) in [5, 5.41) is 14.2. The van der Waals surface area contributed by atoms with Gasteiger partial charge in [0.05, 0.1) is 34.8 Å². The van der Waals surface area contributed by atoms with E-state index in [0.29, 0.717) is 12.1 Å². The highest BCUT2D eigenvalue weighted by molar-refractivity contribution is 6.34. The molecule has 0 radical (unpaired) electrons. The number of hydrogen-bond acceptors (Lipinski definition) is 4. The number of aryl methyl sites for hydroxylation is 1. The minimum atomic E-state index is 0.528. The SMILES string of the molecule is Cn1cc(-n2ncc3cc(Cl)c(N4CC5CCC4CN5)cc32)cn1. The molecule has 1 N–H and O–H groups in total. The number of piperazine rings is 1. The number of anilines is 1. The Hall–Kier alpha value is -2.05. The molecule has 3 aliphatic heterocycles. The molecule has 3 saturated heterocycles. The summed E-state index contributed by atoms with van der Waals surface area (Å²) in [5.74, 6) is 0. The van der Waals surface area contributed by atoms with Crippen molar-refractivity contribution in [3.63, 3.8) is 0 Å². The first kappa shape index (κ1) is 14.3. The second-order valence-corrected chi connectivity index (χ2v) is 7.19. The van der Waals surface area contributed by atoms with E-state index >= 15 is 0 Å². The highest BCUT2D eigenvalue weighted by Gasteiger charge is 2.34. The maximum absolute atomic E-state index is 6.62. The van der Waals surface area contributed by atoms with Crippen molar-refractivity contribution in [2.45, 2.75) is 24.9 Å². The van der Waals surface area contributed by atoms with E-state index in [1.165, 1.54) is 12.8 Å². The van der Waals surface area contributed by atoms with Gasteiger partial charge in [-0.2, -0.15) is 10.2 Å². The summed E-state index contributed by atoms with van der Waals surface area (Å²) in [4.78, 5) is 2.47. The fraction of sp³-hybridized carbons (Fsp3) is 0.412. The maximum Gasteiger partial charge on any atom is 0.103 e. The van der Waals surface area contributed by atoms with E-state index in [1.807, 2.05) is 36.4 Å².